The van der Waals surface area contributed by atoms with Gasteiger partial charge < -0.3 is 9.40 Å². The summed E-state index contributed by atoms with van der Waals surface area (Å²) in [5.74, 6) is 0.00517. The van der Waals surface area contributed by atoms with E-state index in [4.69, 9.17) is 4.42 Å². The molecule has 3 aromatic rings. The largest absolute Gasteiger partial charge is 0.450 e. The number of nitrogens with zero attached hydrogens (tertiary/aromatic N) is 2. The first kappa shape index (κ1) is 20.6. The number of aromatic amines is 1. The van der Waals surface area contributed by atoms with Crippen LogP contribution in [0.1, 0.15) is 25.2 Å². The molecule has 6 nitrogen and oxygen atoms in total. The van der Waals surface area contributed by atoms with Crippen LogP contribution in [-0.2, 0) is 11.0 Å². The van der Waals surface area contributed by atoms with Gasteiger partial charge in [-0.25, -0.2) is 4.98 Å². The first-order chi connectivity index (χ1) is 14.1. The van der Waals surface area contributed by atoms with Gasteiger partial charge in [-0.15, -0.1) is 0 Å². The minimum atomic E-state index is -4.43. The van der Waals surface area contributed by atoms with Crippen molar-refractivity contribution in [2.45, 2.75) is 36.3 Å². The molecule has 1 saturated heterocycles. The number of imidazole rings is 1. The Balaban J connectivity index is 1.53. The third-order valence-corrected chi connectivity index (χ3v) is 5.89. The van der Waals surface area contributed by atoms with Gasteiger partial charge in [-0.1, -0.05) is 0 Å². The van der Waals surface area contributed by atoms with Gasteiger partial charge >= 0.3 is 6.18 Å². The molecule has 3 heterocycles. The summed E-state index contributed by atoms with van der Waals surface area (Å²) < 4.78 is 44.2. The Kier molecular flexibility index (Phi) is 5.18. The van der Waals surface area contributed by atoms with E-state index in [-0.39, 0.29) is 27.6 Å². The number of H-pyrrole nitrogens is 1. The fraction of sp³-hybridized carbons (Fsp3) is 0.211. The summed E-state index contributed by atoms with van der Waals surface area (Å²) in [6.45, 7) is 3.51. The van der Waals surface area contributed by atoms with Crippen molar-refractivity contribution in [3.63, 3.8) is 0 Å². The van der Waals surface area contributed by atoms with Gasteiger partial charge in [-0.05, 0) is 67.7 Å². The molecule has 0 unspecified atom stereocenters. The number of hydrogen-bond acceptors (Lipinski definition) is 6. The summed E-state index contributed by atoms with van der Waals surface area (Å²) in [6, 6.07) is 6.33. The van der Waals surface area contributed by atoms with Gasteiger partial charge in [0.15, 0.2) is 10.2 Å². The predicted octanol–water partition coefficient (Wildman–Crippen LogP) is 5.77. The van der Waals surface area contributed by atoms with Crippen LogP contribution >= 0.6 is 23.5 Å². The van der Waals surface area contributed by atoms with Crippen molar-refractivity contribution in [1.82, 2.24) is 14.9 Å². The number of carbonyl (C=O) groups excluding carboxylic acids is 2. The van der Waals surface area contributed by atoms with Crippen LogP contribution < -0.4 is 0 Å². The Morgan fingerprint density at radius 3 is 2.67 bits per heavy atom. The number of amides is 2. The van der Waals surface area contributed by atoms with Gasteiger partial charge in [0.1, 0.15) is 5.76 Å². The second kappa shape index (κ2) is 7.55. The second-order valence-corrected chi connectivity index (χ2v) is 8.66. The van der Waals surface area contributed by atoms with Gasteiger partial charge in [-0.3, -0.25) is 14.5 Å². The Morgan fingerprint density at radius 1 is 1.23 bits per heavy atom. The number of furan rings is 1. The molecule has 1 N–H and O–H groups in total. The van der Waals surface area contributed by atoms with Crippen LogP contribution in [-0.4, -0.2) is 32.1 Å². The lowest BCUT2D eigenvalue weighted by Crippen LogP contribution is -2.34. The normalized spacial score (nSPS) is 16.6. The van der Waals surface area contributed by atoms with Crippen molar-refractivity contribution in [2.24, 2.45) is 0 Å². The van der Waals surface area contributed by atoms with Crippen LogP contribution in [0, 0.1) is 0 Å². The van der Waals surface area contributed by atoms with Crippen LogP contribution in [0.25, 0.3) is 17.1 Å². The SMILES string of the molecule is CC(C)N1C(=O)SC(=Cc2ccc(Sc3nc4ccc(C(F)(F)F)cc4[nH]3)o2)C1=O. The van der Waals surface area contributed by atoms with Gasteiger partial charge in [0.2, 0.25) is 0 Å². The van der Waals surface area contributed by atoms with Crippen LogP contribution in [0.2, 0.25) is 0 Å². The summed E-state index contributed by atoms with van der Waals surface area (Å²) in [5.41, 5.74) is -0.0908. The summed E-state index contributed by atoms with van der Waals surface area (Å²) >= 11 is 1.95. The van der Waals surface area contributed by atoms with Crippen molar-refractivity contribution in [3.05, 3.63) is 46.6 Å². The van der Waals surface area contributed by atoms with E-state index in [1.54, 1.807) is 26.0 Å². The molecule has 1 aliphatic heterocycles. The number of fused-ring (bicyclic) bond motifs is 1. The zero-order chi connectivity index (χ0) is 21.6. The quantitative estimate of drug-likeness (QED) is 0.505. The molecule has 4 rings (SSSR count). The molecule has 156 valence electrons. The van der Waals surface area contributed by atoms with E-state index in [2.05, 4.69) is 9.97 Å². The second-order valence-electron chi connectivity index (χ2n) is 6.68. The minimum absolute atomic E-state index is 0.239. The lowest BCUT2D eigenvalue weighted by atomic mass is 10.2. The van der Waals surface area contributed by atoms with E-state index in [1.807, 2.05) is 0 Å². The topological polar surface area (TPSA) is 79.2 Å². The summed E-state index contributed by atoms with van der Waals surface area (Å²) in [5, 5.41) is 0.465. The zero-order valence-corrected chi connectivity index (χ0v) is 17.2. The van der Waals surface area contributed by atoms with Crippen molar-refractivity contribution in [3.8, 4) is 0 Å². The molecule has 0 radical (unpaired) electrons. The highest BCUT2D eigenvalue weighted by Crippen LogP contribution is 2.36. The molecule has 0 bridgehead atoms. The van der Waals surface area contributed by atoms with E-state index >= 15 is 0 Å². The summed E-state index contributed by atoms with van der Waals surface area (Å²) in [7, 11) is 0. The molecule has 2 aromatic heterocycles. The van der Waals surface area contributed by atoms with Gasteiger partial charge in [0.25, 0.3) is 11.1 Å². The number of alkyl halides is 3. The molecule has 11 heteroatoms. The van der Waals surface area contributed by atoms with E-state index in [9.17, 15) is 22.8 Å². The van der Waals surface area contributed by atoms with E-state index in [0.717, 1.165) is 35.7 Å². The molecule has 0 spiro atoms. The Hall–Kier alpha value is -2.66. The Morgan fingerprint density at radius 2 is 2.00 bits per heavy atom. The first-order valence-corrected chi connectivity index (χ1v) is 10.4. The van der Waals surface area contributed by atoms with E-state index in [1.165, 1.54) is 17.0 Å². The highest BCUT2D eigenvalue weighted by Gasteiger charge is 2.37. The van der Waals surface area contributed by atoms with Crippen molar-refractivity contribution >= 4 is 51.8 Å². The van der Waals surface area contributed by atoms with E-state index in [0.29, 0.717) is 21.5 Å². The molecule has 2 amide bonds. The summed E-state index contributed by atoms with van der Waals surface area (Å²) in [4.78, 5) is 32.8. The standard InChI is InChI=1S/C19H14F3N3O3S2/c1-9(2)25-16(26)14(29-18(25)27)8-11-4-6-15(28-11)30-17-23-12-5-3-10(19(20,21)22)7-13(12)24-17/h3-9H,1-2H3,(H,23,24). The number of carbonyl (C=O) groups is 2. The lowest BCUT2D eigenvalue weighted by Gasteiger charge is -2.16. The molecule has 1 aromatic carbocycles. The number of imide groups is 1. The predicted molar refractivity (Wildman–Crippen MR) is 107 cm³/mol. The number of benzene rings is 1. The summed E-state index contributed by atoms with van der Waals surface area (Å²) in [6.07, 6.45) is -2.94. The molecule has 0 atom stereocenters. The maximum atomic E-state index is 12.8. The highest BCUT2D eigenvalue weighted by molar-refractivity contribution is 8.18. The van der Waals surface area contributed by atoms with Crippen molar-refractivity contribution in [2.75, 3.05) is 0 Å². The first-order valence-electron chi connectivity index (χ1n) is 8.73. The fourth-order valence-electron chi connectivity index (χ4n) is 2.83. The van der Waals surface area contributed by atoms with Gasteiger partial charge in [-0.2, -0.15) is 13.2 Å². The molecule has 30 heavy (non-hydrogen) atoms. The monoisotopic (exact) mass is 453 g/mol. The Bertz CT molecular complexity index is 1180. The van der Waals surface area contributed by atoms with Crippen LogP contribution in [0.5, 0.6) is 0 Å². The van der Waals surface area contributed by atoms with Crippen LogP contribution in [0.15, 0.2) is 49.9 Å². The molecular formula is C19H14F3N3O3S2. The van der Waals surface area contributed by atoms with E-state index < -0.39 is 11.7 Å². The molecule has 0 aliphatic carbocycles. The molecule has 1 aliphatic rings. The number of aromatic nitrogens is 2. The number of thioether (sulfide) groups is 1. The molecule has 0 saturated carbocycles. The maximum Gasteiger partial charge on any atom is 0.416 e. The number of halogens is 3. The number of rotatable bonds is 4. The minimum Gasteiger partial charge on any atom is -0.450 e. The molecular weight excluding hydrogens is 439 g/mol. The zero-order valence-electron chi connectivity index (χ0n) is 15.6. The highest BCUT2D eigenvalue weighted by atomic mass is 32.2. The number of hydrogen-bond donors (Lipinski definition) is 1. The smallest absolute Gasteiger partial charge is 0.416 e. The average Bonchev–Trinajstić information content (AvgIpc) is 3.32. The maximum absolute atomic E-state index is 12.8. The molecule has 1 fully saturated rings. The average molecular weight is 453 g/mol. The van der Waals surface area contributed by atoms with Gasteiger partial charge in [0, 0.05) is 12.1 Å². The fourth-order valence-corrected chi connectivity index (χ4v) is 4.54. The van der Waals surface area contributed by atoms with Crippen molar-refractivity contribution in [1.29, 1.82) is 0 Å². The lowest BCUT2D eigenvalue weighted by molar-refractivity contribution is -0.137. The van der Waals surface area contributed by atoms with Crippen LogP contribution in [0.3, 0.4) is 0 Å². The van der Waals surface area contributed by atoms with Gasteiger partial charge in [0.05, 0.1) is 21.5 Å². The Labute approximate surface area is 176 Å². The third kappa shape index (κ3) is 3.99. The third-order valence-electron chi connectivity index (χ3n) is 4.20. The number of nitrogens with one attached hydrogen (secondary N) is 1. The van der Waals surface area contributed by atoms with Crippen LogP contribution in [0.4, 0.5) is 18.0 Å². The van der Waals surface area contributed by atoms with Crippen molar-refractivity contribution < 1.29 is 27.2 Å².